The predicted octanol–water partition coefficient (Wildman–Crippen LogP) is 4.40. The molecule has 1 saturated carbocycles. The Labute approximate surface area is 127 Å². The molecule has 1 fully saturated rings. The lowest BCUT2D eigenvalue weighted by Crippen LogP contribution is -2.26. The first-order valence-corrected chi connectivity index (χ1v) is 8.59. The van der Waals surface area contributed by atoms with Gasteiger partial charge in [0.05, 0.1) is 7.11 Å². The fourth-order valence-electron chi connectivity index (χ4n) is 3.03. The van der Waals surface area contributed by atoms with Gasteiger partial charge in [-0.25, -0.2) is 0 Å². The van der Waals surface area contributed by atoms with Crippen LogP contribution in [0.3, 0.4) is 0 Å². The highest BCUT2D eigenvalue weighted by atomic mass is 32.2. The number of ether oxygens (including phenoxy) is 1. The van der Waals surface area contributed by atoms with E-state index in [9.17, 15) is 0 Å². The second kappa shape index (κ2) is 7.37. The summed E-state index contributed by atoms with van der Waals surface area (Å²) in [6.45, 7) is 4.49. The second-order valence-corrected chi connectivity index (χ2v) is 7.53. The Balaban J connectivity index is 2.09. The van der Waals surface area contributed by atoms with Gasteiger partial charge >= 0.3 is 0 Å². The van der Waals surface area contributed by atoms with E-state index in [1.54, 1.807) is 7.11 Å². The molecule has 0 aliphatic heterocycles. The first kappa shape index (κ1) is 15.7. The molecule has 0 amide bonds. The lowest BCUT2D eigenvalue weighted by molar-refractivity contribution is 0.393. The molecular weight excluding hydrogens is 266 g/mol. The van der Waals surface area contributed by atoms with Crippen molar-refractivity contribution in [3.05, 3.63) is 29.8 Å². The highest BCUT2D eigenvalue weighted by Gasteiger charge is 2.26. The van der Waals surface area contributed by atoms with Crippen LogP contribution in [0.15, 0.2) is 24.3 Å². The topological polar surface area (TPSA) is 35.2 Å². The Hall–Kier alpha value is -0.670. The van der Waals surface area contributed by atoms with Gasteiger partial charge in [-0.15, -0.1) is 11.8 Å². The third kappa shape index (κ3) is 4.16. The van der Waals surface area contributed by atoms with Crippen molar-refractivity contribution in [2.24, 2.45) is 11.7 Å². The molecule has 0 aromatic heterocycles. The summed E-state index contributed by atoms with van der Waals surface area (Å²) in [6.07, 6.45) is 5.42. The van der Waals surface area contributed by atoms with Crippen LogP contribution >= 0.6 is 11.8 Å². The van der Waals surface area contributed by atoms with Crippen molar-refractivity contribution in [3.8, 4) is 5.75 Å². The van der Waals surface area contributed by atoms with Gasteiger partial charge in [-0.1, -0.05) is 31.9 Å². The van der Waals surface area contributed by atoms with Gasteiger partial charge in [-0.2, -0.15) is 0 Å². The van der Waals surface area contributed by atoms with Crippen molar-refractivity contribution in [1.29, 1.82) is 0 Å². The van der Waals surface area contributed by atoms with Gasteiger partial charge in [0.15, 0.2) is 0 Å². The fourth-order valence-corrected chi connectivity index (χ4v) is 4.74. The van der Waals surface area contributed by atoms with Crippen molar-refractivity contribution < 1.29 is 4.74 Å². The molecule has 0 bridgehead atoms. The smallest absolute Gasteiger partial charge is 0.119 e. The van der Waals surface area contributed by atoms with Crippen molar-refractivity contribution in [1.82, 2.24) is 0 Å². The number of hydrogen-bond acceptors (Lipinski definition) is 3. The van der Waals surface area contributed by atoms with Crippen LogP contribution in [0, 0.1) is 5.92 Å². The van der Waals surface area contributed by atoms with Crippen LogP contribution in [0.1, 0.15) is 50.3 Å². The summed E-state index contributed by atoms with van der Waals surface area (Å²) in [5.74, 6) is 1.78. The van der Waals surface area contributed by atoms with E-state index >= 15 is 0 Å². The first-order chi connectivity index (χ1) is 9.60. The monoisotopic (exact) mass is 293 g/mol. The highest BCUT2D eigenvalue weighted by Crippen LogP contribution is 2.42. The minimum absolute atomic E-state index is 0.157. The third-order valence-corrected chi connectivity index (χ3v) is 5.93. The van der Waals surface area contributed by atoms with Crippen LogP contribution in [0.2, 0.25) is 0 Å². The minimum Gasteiger partial charge on any atom is -0.497 e. The number of benzene rings is 1. The lowest BCUT2D eigenvalue weighted by Gasteiger charge is -2.31. The summed E-state index contributed by atoms with van der Waals surface area (Å²) in [6, 6.07) is 8.52. The summed E-state index contributed by atoms with van der Waals surface area (Å²) in [4.78, 5) is 0. The molecule has 112 valence electrons. The molecule has 2 nitrogen and oxygen atoms in total. The van der Waals surface area contributed by atoms with E-state index in [1.165, 1.54) is 31.2 Å². The zero-order valence-corrected chi connectivity index (χ0v) is 13.7. The molecular formula is C17H27NOS. The summed E-state index contributed by atoms with van der Waals surface area (Å²) in [5.41, 5.74) is 7.54. The van der Waals surface area contributed by atoms with E-state index in [-0.39, 0.29) is 6.04 Å². The van der Waals surface area contributed by atoms with Gasteiger partial charge < -0.3 is 10.5 Å². The molecule has 0 heterocycles. The van der Waals surface area contributed by atoms with E-state index < -0.39 is 0 Å². The van der Waals surface area contributed by atoms with Gasteiger partial charge in [0.1, 0.15) is 5.75 Å². The van der Waals surface area contributed by atoms with Gasteiger partial charge in [-0.3, -0.25) is 0 Å². The van der Waals surface area contributed by atoms with Crippen LogP contribution in [-0.2, 0) is 0 Å². The lowest BCUT2D eigenvalue weighted by atomic mass is 9.90. The Bertz CT molecular complexity index is 421. The largest absolute Gasteiger partial charge is 0.497 e. The maximum atomic E-state index is 6.25. The summed E-state index contributed by atoms with van der Waals surface area (Å²) in [5, 5.41) is 1.11. The van der Waals surface area contributed by atoms with Crippen molar-refractivity contribution >= 4 is 11.8 Å². The Morgan fingerprint density at radius 2 is 2.15 bits per heavy atom. The molecule has 1 aromatic rings. The second-order valence-electron chi connectivity index (χ2n) is 6.09. The van der Waals surface area contributed by atoms with Gasteiger partial charge in [-0.05, 0) is 43.4 Å². The summed E-state index contributed by atoms with van der Waals surface area (Å²) in [7, 11) is 1.72. The normalized spacial score (nSPS) is 26.0. The highest BCUT2D eigenvalue weighted by molar-refractivity contribution is 8.00. The quantitative estimate of drug-likeness (QED) is 0.874. The van der Waals surface area contributed by atoms with Crippen LogP contribution in [0.5, 0.6) is 5.75 Å². The molecule has 0 radical (unpaired) electrons. The van der Waals surface area contributed by atoms with E-state index in [4.69, 9.17) is 10.5 Å². The molecule has 4 unspecified atom stereocenters. The standard InChI is InChI=1S/C17H27NOS/c1-12-6-4-9-16(10-12)20-17(13(2)18)14-7-5-8-15(11-14)19-3/h5,7-8,11-13,16-17H,4,6,9-10,18H2,1-3H3. The summed E-state index contributed by atoms with van der Waals surface area (Å²) < 4.78 is 5.34. The van der Waals surface area contributed by atoms with Crippen molar-refractivity contribution in [2.45, 2.75) is 56.1 Å². The fraction of sp³-hybridized carbons (Fsp3) is 0.647. The summed E-state index contributed by atoms with van der Waals surface area (Å²) >= 11 is 2.07. The number of methoxy groups -OCH3 is 1. The molecule has 0 spiro atoms. The average Bonchev–Trinajstić information content (AvgIpc) is 2.44. The maximum absolute atomic E-state index is 6.25. The first-order valence-electron chi connectivity index (χ1n) is 7.65. The molecule has 0 saturated heterocycles. The zero-order chi connectivity index (χ0) is 14.5. The maximum Gasteiger partial charge on any atom is 0.119 e. The van der Waals surface area contributed by atoms with Crippen molar-refractivity contribution in [3.63, 3.8) is 0 Å². The molecule has 2 N–H and O–H groups in total. The zero-order valence-electron chi connectivity index (χ0n) is 12.8. The Morgan fingerprint density at radius 1 is 1.35 bits per heavy atom. The molecule has 1 aliphatic rings. The van der Waals surface area contributed by atoms with Gasteiger partial charge in [0.25, 0.3) is 0 Å². The molecule has 3 heteroatoms. The van der Waals surface area contributed by atoms with Crippen LogP contribution in [0.25, 0.3) is 0 Å². The van der Waals surface area contributed by atoms with Crippen molar-refractivity contribution in [2.75, 3.05) is 7.11 Å². The molecule has 1 aromatic carbocycles. The third-order valence-electron chi connectivity index (χ3n) is 4.13. The molecule has 1 aliphatic carbocycles. The number of nitrogens with two attached hydrogens (primary N) is 1. The molecule has 20 heavy (non-hydrogen) atoms. The molecule has 2 rings (SSSR count). The number of thioether (sulfide) groups is 1. The Kier molecular flexibility index (Phi) is 5.79. The van der Waals surface area contributed by atoms with Gasteiger partial charge in [0.2, 0.25) is 0 Å². The van der Waals surface area contributed by atoms with E-state index in [0.29, 0.717) is 5.25 Å². The van der Waals surface area contributed by atoms with Gasteiger partial charge in [0, 0.05) is 16.5 Å². The average molecular weight is 293 g/mol. The van der Waals surface area contributed by atoms with E-state index in [0.717, 1.165) is 16.9 Å². The van der Waals surface area contributed by atoms with E-state index in [1.807, 2.05) is 6.07 Å². The predicted molar refractivity (Wildman–Crippen MR) is 88.4 cm³/mol. The molecule has 4 atom stereocenters. The van der Waals surface area contributed by atoms with E-state index in [2.05, 4.69) is 43.8 Å². The van der Waals surface area contributed by atoms with Crippen LogP contribution in [0.4, 0.5) is 0 Å². The number of rotatable bonds is 5. The van der Waals surface area contributed by atoms with Crippen LogP contribution < -0.4 is 10.5 Å². The van der Waals surface area contributed by atoms with Crippen LogP contribution in [-0.4, -0.2) is 18.4 Å². The SMILES string of the molecule is COc1cccc(C(SC2CCCC(C)C2)C(C)N)c1. The minimum atomic E-state index is 0.157. The Morgan fingerprint density at radius 3 is 2.80 bits per heavy atom. The number of hydrogen-bond donors (Lipinski definition) is 1.